The topological polar surface area (TPSA) is 57.6 Å². The van der Waals surface area contributed by atoms with Gasteiger partial charge in [0.1, 0.15) is 0 Å². The minimum atomic E-state index is -4.46. The molecule has 1 aliphatic heterocycles. The van der Waals surface area contributed by atoms with Crippen LogP contribution in [0.2, 0.25) is 0 Å². The fourth-order valence-corrected chi connectivity index (χ4v) is 4.22. The van der Waals surface area contributed by atoms with Crippen LogP contribution < -0.4 is 0 Å². The molecule has 1 saturated heterocycles. The van der Waals surface area contributed by atoms with Crippen LogP contribution in [0.25, 0.3) is 0 Å². The number of aliphatic carboxylic acids is 1. The molecule has 2 fully saturated rings. The Hall–Kier alpha value is -2.05. The molecule has 1 aromatic rings. The first-order valence-corrected chi connectivity index (χ1v) is 8.94. The predicted octanol–water partition coefficient (Wildman–Crippen LogP) is 3.84. The fraction of sp³-hybridized carbons (Fsp3) is 0.579. The van der Waals surface area contributed by atoms with E-state index in [9.17, 15) is 22.8 Å². The van der Waals surface area contributed by atoms with Crippen LogP contribution in [-0.2, 0) is 21.2 Å². The monoisotopic (exact) mass is 369 g/mol. The quantitative estimate of drug-likeness (QED) is 0.881. The lowest BCUT2D eigenvalue weighted by Crippen LogP contribution is -2.47. The van der Waals surface area contributed by atoms with Gasteiger partial charge in [0, 0.05) is 13.1 Å². The highest BCUT2D eigenvalue weighted by molar-refractivity contribution is 5.89. The molecule has 1 unspecified atom stereocenters. The van der Waals surface area contributed by atoms with E-state index >= 15 is 0 Å². The summed E-state index contributed by atoms with van der Waals surface area (Å²) in [6.07, 6.45) is -0.568. The largest absolute Gasteiger partial charge is 0.481 e. The van der Waals surface area contributed by atoms with E-state index in [1.54, 1.807) is 6.07 Å². The van der Waals surface area contributed by atoms with Gasteiger partial charge in [0.15, 0.2) is 0 Å². The van der Waals surface area contributed by atoms with Crippen LogP contribution >= 0.6 is 0 Å². The highest BCUT2D eigenvalue weighted by atomic mass is 19.4. The van der Waals surface area contributed by atoms with Gasteiger partial charge in [0.25, 0.3) is 0 Å². The number of benzene rings is 1. The summed E-state index contributed by atoms with van der Waals surface area (Å²) in [5.41, 5.74) is -1.33. The zero-order valence-electron chi connectivity index (χ0n) is 14.4. The van der Waals surface area contributed by atoms with Gasteiger partial charge < -0.3 is 10.0 Å². The van der Waals surface area contributed by atoms with Crippen LogP contribution in [0.4, 0.5) is 13.2 Å². The number of carboxylic acid groups (broad SMARTS) is 1. The van der Waals surface area contributed by atoms with Gasteiger partial charge in [0.05, 0.1) is 16.9 Å². The molecular weight excluding hydrogens is 347 g/mol. The summed E-state index contributed by atoms with van der Waals surface area (Å²) in [4.78, 5) is 26.0. The molecule has 1 aliphatic carbocycles. The molecule has 4 nitrogen and oxygen atoms in total. The standard InChI is InChI=1S/C19H22F3NO3/c20-19(21,22)15-6-4-5-14(11-15)18(8-2-1-3-9-18)17(26)23-10-7-13(12-23)16(24)25/h4-6,11,13H,1-3,7-10,12H2,(H,24,25). The molecule has 1 saturated carbocycles. The van der Waals surface area contributed by atoms with Crippen molar-refractivity contribution in [2.75, 3.05) is 13.1 Å². The summed E-state index contributed by atoms with van der Waals surface area (Å²) < 4.78 is 39.4. The van der Waals surface area contributed by atoms with Crippen molar-refractivity contribution in [1.29, 1.82) is 0 Å². The minimum Gasteiger partial charge on any atom is -0.481 e. The number of hydrogen-bond donors (Lipinski definition) is 1. The second-order valence-corrected chi connectivity index (χ2v) is 7.30. The lowest BCUT2D eigenvalue weighted by Gasteiger charge is -2.39. The molecule has 1 N–H and O–H groups in total. The average molecular weight is 369 g/mol. The van der Waals surface area contributed by atoms with Gasteiger partial charge in [-0.15, -0.1) is 0 Å². The Labute approximate surface area is 150 Å². The van der Waals surface area contributed by atoms with Gasteiger partial charge in [-0.2, -0.15) is 13.2 Å². The first-order valence-electron chi connectivity index (χ1n) is 8.94. The molecule has 26 heavy (non-hydrogen) atoms. The smallest absolute Gasteiger partial charge is 0.416 e. The van der Waals surface area contributed by atoms with Crippen molar-refractivity contribution >= 4 is 11.9 Å². The second-order valence-electron chi connectivity index (χ2n) is 7.30. The van der Waals surface area contributed by atoms with E-state index in [0.29, 0.717) is 31.4 Å². The van der Waals surface area contributed by atoms with Crippen LogP contribution in [0.5, 0.6) is 0 Å². The molecule has 1 amide bonds. The number of amides is 1. The third kappa shape index (κ3) is 3.44. The summed E-state index contributed by atoms with van der Waals surface area (Å²) in [6.45, 7) is 0.478. The highest BCUT2D eigenvalue weighted by Crippen LogP contribution is 2.43. The van der Waals surface area contributed by atoms with Crippen LogP contribution in [0.1, 0.15) is 49.7 Å². The number of halogens is 3. The minimum absolute atomic E-state index is 0.134. The maximum Gasteiger partial charge on any atom is 0.416 e. The Bertz CT molecular complexity index is 696. The average Bonchev–Trinajstić information content (AvgIpc) is 3.11. The Morgan fingerprint density at radius 3 is 2.42 bits per heavy atom. The molecule has 0 radical (unpaired) electrons. The zero-order valence-corrected chi connectivity index (χ0v) is 14.4. The van der Waals surface area contributed by atoms with E-state index in [1.807, 2.05) is 0 Å². The first-order chi connectivity index (χ1) is 12.2. The molecule has 0 bridgehead atoms. The Morgan fingerprint density at radius 1 is 1.15 bits per heavy atom. The molecular formula is C19H22F3NO3. The molecule has 142 valence electrons. The Kier molecular flexibility index (Phi) is 4.99. The molecule has 1 aromatic carbocycles. The van der Waals surface area contributed by atoms with Gasteiger partial charge >= 0.3 is 12.1 Å². The maximum atomic E-state index is 13.3. The number of likely N-dealkylation sites (tertiary alicyclic amines) is 1. The summed E-state index contributed by atoms with van der Waals surface area (Å²) in [7, 11) is 0. The van der Waals surface area contributed by atoms with E-state index in [2.05, 4.69) is 0 Å². The summed E-state index contributed by atoms with van der Waals surface area (Å²) >= 11 is 0. The highest BCUT2D eigenvalue weighted by Gasteiger charge is 2.46. The molecule has 7 heteroatoms. The lowest BCUT2D eigenvalue weighted by atomic mass is 9.68. The fourth-order valence-electron chi connectivity index (χ4n) is 4.22. The zero-order chi connectivity index (χ0) is 18.9. The number of carbonyl (C=O) groups is 2. The van der Waals surface area contributed by atoms with Crippen LogP contribution in [0.15, 0.2) is 24.3 Å². The SMILES string of the molecule is O=C(O)C1CCN(C(=O)C2(c3cccc(C(F)(F)F)c3)CCCCC2)C1. The number of carboxylic acids is 1. The predicted molar refractivity (Wildman–Crippen MR) is 88.5 cm³/mol. The molecule has 0 aromatic heterocycles. The molecule has 1 heterocycles. The van der Waals surface area contributed by atoms with Crippen LogP contribution in [0.3, 0.4) is 0 Å². The van der Waals surface area contributed by atoms with E-state index < -0.39 is 29.0 Å². The van der Waals surface area contributed by atoms with Crippen molar-refractivity contribution in [3.63, 3.8) is 0 Å². The Morgan fingerprint density at radius 2 is 1.85 bits per heavy atom. The van der Waals surface area contributed by atoms with Crippen molar-refractivity contribution in [3.8, 4) is 0 Å². The number of rotatable bonds is 3. The summed E-state index contributed by atoms with van der Waals surface area (Å²) in [6, 6.07) is 5.06. The van der Waals surface area contributed by atoms with Crippen molar-refractivity contribution in [2.24, 2.45) is 5.92 Å². The number of hydrogen-bond acceptors (Lipinski definition) is 2. The number of carbonyl (C=O) groups excluding carboxylic acids is 1. The van der Waals surface area contributed by atoms with Gasteiger partial charge in [-0.3, -0.25) is 9.59 Å². The third-order valence-corrected chi connectivity index (χ3v) is 5.68. The van der Waals surface area contributed by atoms with E-state index in [1.165, 1.54) is 11.0 Å². The van der Waals surface area contributed by atoms with Crippen molar-refractivity contribution in [2.45, 2.75) is 50.1 Å². The number of alkyl halides is 3. The summed E-state index contributed by atoms with van der Waals surface area (Å²) in [5, 5.41) is 9.17. The van der Waals surface area contributed by atoms with E-state index in [0.717, 1.165) is 31.4 Å². The van der Waals surface area contributed by atoms with Gasteiger partial charge in [-0.05, 0) is 30.9 Å². The summed E-state index contributed by atoms with van der Waals surface area (Å²) in [5.74, 6) is -1.75. The second kappa shape index (κ2) is 6.93. The molecule has 3 rings (SSSR count). The van der Waals surface area contributed by atoms with E-state index in [-0.39, 0.29) is 12.5 Å². The maximum absolute atomic E-state index is 13.3. The normalized spacial score (nSPS) is 23.0. The third-order valence-electron chi connectivity index (χ3n) is 5.68. The first kappa shape index (κ1) is 18.7. The van der Waals surface area contributed by atoms with Gasteiger partial charge in [-0.1, -0.05) is 37.5 Å². The Balaban J connectivity index is 1.95. The van der Waals surface area contributed by atoms with Crippen LogP contribution in [0, 0.1) is 5.92 Å². The van der Waals surface area contributed by atoms with Crippen molar-refractivity contribution in [1.82, 2.24) is 4.90 Å². The number of nitrogens with zero attached hydrogens (tertiary/aromatic N) is 1. The van der Waals surface area contributed by atoms with Gasteiger partial charge in [0.2, 0.25) is 5.91 Å². The van der Waals surface area contributed by atoms with Gasteiger partial charge in [-0.25, -0.2) is 0 Å². The van der Waals surface area contributed by atoms with E-state index in [4.69, 9.17) is 5.11 Å². The molecule has 2 aliphatic rings. The molecule has 0 spiro atoms. The molecule has 1 atom stereocenters. The lowest BCUT2D eigenvalue weighted by molar-refractivity contribution is -0.142. The van der Waals surface area contributed by atoms with Crippen molar-refractivity contribution in [3.05, 3.63) is 35.4 Å². The van der Waals surface area contributed by atoms with Crippen molar-refractivity contribution < 1.29 is 27.9 Å². The van der Waals surface area contributed by atoms with Crippen LogP contribution in [-0.4, -0.2) is 35.0 Å².